The van der Waals surface area contributed by atoms with Gasteiger partial charge >= 0.3 is 5.97 Å². The van der Waals surface area contributed by atoms with Crippen molar-refractivity contribution in [2.75, 3.05) is 33.4 Å². The van der Waals surface area contributed by atoms with Gasteiger partial charge in [-0.15, -0.1) is 0 Å². The molecule has 2 heterocycles. The van der Waals surface area contributed by atoms with E-state index in [2.05, 4.69) is 0 Å². The smallest absolute Gasteiger partial charge is 0.306 e. The fourth-order valence-electron chi connectivity index (χ4n) is 3.78. The van der Waals surface area contributed by atoms with Crippen molar-refractivity contribution >= 4 is 11.8 Å². The molecule has 1 saturated heterocycles. The van der Waals surface area contributed by atoms with Crippen LogP contribution in [-0.2, 0) is 14.3 Å². The van der Waals surface area contributed by atoms with Crippen molar-refractivity contribution in [3.8, 4) is 11.5 Å². The number of nitrogens with zero attached hydrogens (tertiary/aromatic N) is 1. The van der Waals surface area contributed by atoms with Crippen LogP contribution >= 0.6 is 0 Å². The third-order valence-electron chi connectivity index (χ3n) is 5.35. The fraction of sp³-hybridized carbons (Fsp3) is 0.304. The third-order valence-corrected chi connectivity index (χ3v) is 5.35. The Labute approximate surface area is 174 Å². The lowest BCUT2D eigenvalue weighted by atomic mass is 9.86. The second-order valence-electron chi connectivity index (χ2n) is 7.19. The van der Waals surface area contributed by atoms with Gasteiger partial charge in [0.1, 0.15) is 11.5 Å². The Morgan fingerprint density at radius 1 is 1.20 bits per heavy atom. The minimum absolute atomic E-state index is 0.00455. The number of benzene rings is 2. The van der Waals surface area contributed by atoms with E-state index in [0.29, 0.717) is 37.4 Å². The number of hydrogen-bond acceptors (Lipinski definition) is 7. The first-order chi connectivity index (χ1) is 14.6. The summed E-state index contributed by atoms with van der Waals surface area (Å²) in [5, 5.41) is 10.7. The van der Waals surface area contributed by atoms with Crippen LogP contribution in [-0.4, -0.2) is 55.2 Å². The molecule has 1 unspecified atom stereocenters. The van der Waals surface area contributed by atoms with Crippen LogP contribution in [0.15, 0.2) is 54.4 Å². The van der Waals surface area contributed by atoms with E-state index in [1.807, 2.05) is 35.2 Å². The van der Waals surface area contributed by atoms with Gasteiger partial charge in [0.2, 0.25) is 5.78 Å². The molecular weight excluding hydrogens is 386 g/mol. The van der Waals surface area contributed by atoms with Crippen molar-refractivity contribution in [3.63, 3.8) is 0 Å². The Morgan fingerprint density at radius 3 is 2.63 bits per heavy atom. The first-order valence-electron chi connectivity index (χ1n) is 9.82. The van der Waals surface area contributed by atoms with Gasteiger partial charge in [-0.2, -0.15) is 0 Å². The summed E-state index contributed by atoms with van der Waals surface area (Å²) in [7, 11) is 1.32. The molecule has 1 N–H and O–H groups in total. The van der Waals surface area contributed by atoms with Gasteiger partial charge in [0.25, 0.3) is 0 Å². The fourth-order valence-corrected chi connectivity index (χ4v) is 3.78. The highest BCUT2D eigenvalue weighted by molar-refractivity contribution is 6.12. The van der Waals surface area contributed by atoms with Crippen LogP contribution < -0.4 is 4.74 Å². The molecular formula is C23H23NO6. The molecule has 0 saturated carbocycles. The number of fused-ring (bicyclic) bond motifs is 1. The highest BCUT2D eigenvalue weighted by atomic mass is 16.5. The maximum Gasteiger partial charge on any atom is 0.306 e. The van der Waals surface area contributed by atoms with E-state index >= 15 is 0 Å². The third kappa shape index (κ3) is 3.89. The lowest BCUT2D eigenvalue weighted by Gasteiger charge is -2.25. The molecule has 156 valence electrons. The van der Waals surface area contributed by atoms with Crippen LogP contribution in [0.25, 0.3) is 0 Å². The van der Waals surface area contributed by atoms with E-state index < -0.39 is 11.9 Å². The van der Waals surface area contributed by atoms with Crippen molar-refractivity contribution in [2.45, 2.75) is 12.3 Å². The van der Waals surface area contributed by atoms with Gasteiger partial charge in [-0.25, -0.2) is 0 Å². The lowest BCUT2D eigenvalue weighted by molar-refractivity contribution is -0.140. The summed E-state index contributed by atoms with van der Waals surface area (Å²) in [4.78, 5) is 27.1. The number of esters is 1. The SMILES string of the molecule is COC(=O)CC(c1ccccc1)c1c(O)ccc2c1OC(=CN1CCOCC1)C2=O. The molecule has 2 aliphatic heterocycles. The highest BCUT2D eigenvalue weighted by Crippen LogP contribution is 2.46. The molecule has 0 spiro atoms. The van der Waals surface area contributed by atoms with Crippen molar-refractivity contribution in [2.24, 2.45) is 0 Å². The molecule has 7 nitrogen and oxygen atoms in total. The Balaban J connectivity index is 1.76. The zero-order chi connectivity index (χ0) is 21.1. The van der Waals surface area contributed by atoms with Gasteiger partial charge in [0.05, 0.1) is 32.3 Å². The number of allylic oxidation sites excluding steroid dienone is 1. The zero-order valence-electron chi connectivity index (χ0n) is 16.7. The van der Waals surface area contributed by atoms with E-state index in [9.17, 15) is 14.7 Å². The average Bonchev–Trinajstić information content (AvgIpc) is 3.08. The predicted octanol–water partition coefficient (Wildman–Crippen LogP) is 2.84. The summed E-state index contributed by atoms with van der Waals surface area (Å²) in [5.41, 5.74) is 1.59. The monoisotopic (exact) mass is 409 g/mol. The molecule has 7 heteroatoms. The van der Waals surface area contributed by atoms with Gasteiger partial charge < -0.3 is 24.2 Å². The van der Waals surface area contributed by atoms with E-state index in [1.165, 1.54) is 13.2 Å². The number of methoxy groups -OCH3 is 1. The summed E-state index contributed by atoms with van der Waals surface area (Å²) in [6.07, 6.45) is 1.70. The normalized spacial score (nSPS) is 18.1. The van der Waals surface area contributed by atoms with Crippen molar-refractivity contribution < 1.29 is 28.9 Å². The lowest BCUT2D eigenvalue weighted by Crippen LogP contribution is -2.32. The van der Waals surface area contributed by atoms with Gasteiger partial charge in [-0.1, -0.05) is 30.3 Å². The Hall–Kier alpha value is -3.32. The van der Waals surface area contributed by atoms with Crippen molar-refractivity contribution in [1.82, 2.24) is 4.90 Å². The molecule has 2 aromatic carbocycles. The highest BCUT2D eigenvalue weighted by Gasteiger charge is 2.35. The summed E-state index contributed by atoms with van der Waals surface area (Å²) in [5.74, 6) is -0.742. The number of ether oxygens (including phenoxy) is 3. The molecule has 0 bridgehead atoms. The number of Topliss-reactive ketones (excluding diaryl/α,β-unsaturated/α-hetero) is 1. The van der Waals surface area contributed by atoms with E-state index in [4.69, 9.17) is 14.2 Å². The summed E-state index contributed by atoms with van der Waals surface area (Å²) < 4.78 is 16.2. The quantitative estimate of drug-likeness (QED) is 0.600. The molecule has 0 radical (unpaired) electrons. The van der Waals surface area contributed by atoms with E-state index in [0.717, 1.165) is 5.56 Å². The van der Waals surface area contributed by atoms with Crippen molar-refractivity contribution in [3.05, 3.63) is 71.1 Å². The Morgan fingerprint density at radius 2 is 1.93 bits per heavy atom. The number of rotatable bonds is 5. The predicted molar refractivity (Wildman–Crippen MR) is 108 cm³/mol. The second-order valence-corrected chi connectivity index (χ2v) is 7.19. The van der Waals surface area contributed by atoms with Gasteiger partial charge in [0, 0.05) is 30.8 Å². The molecule has 0 aromatic heterocycles. The largest absolute Gasteiger partial charge is 0.508 e. The number of ketones is 1. The minimum atomic E-state index is -0.524. The molecule has 30 heavy (non-hydrogen) atoms. The second kappa shape index (κ2) is 8.59. The first-order valence-corrected chi connectivity index (χ1v) is 9.82. The topological polar surface area (TPSA) is 85.3 Å². The number of phenols is 1. The number of carbonyl (C=O) groups excluding carboxylic acids is 2. The summed E-state index contributed by atoms with van der Waals surface area (Å²) in [6, 6.07) is 12.3. The molecule has 1 fully saturated rings. The Kier molecular flexibility index (Phi) is 5.72. The van der Waals surface area contributed by atoms with Crippen LogP contribution in [0.2, 0.25) is 0 Å². The Bertz CT molecular complexity index is 979. The first kappa shape index (κ1) is 20.0. The average molecular weight is 409 g/mol. The summed E-state index contributed by atoms with van der Waals surface area (Å²) in [6.45, 7) is 2.52. The van der Waals surface area contributed by atoms with Crippen LogP contribution in [0, 0.1) is 0 Å². The number of aromatic hydroxyl groups is 1. The van der Waals surface area contributed by atoms with Gasteiger partial charge in [0.15, 0.2) is 5.76 Å². The molecule has 2 aliphatic rings. The van der Waals surface area contributed by atoms with Crippen LogP contribution in [0.5, 0.6) is 11.5 Å². The van der Waals surface area contributed by atoms with Crippen LogP contribution in [0.4, 0.5) is 0 Å². The number of hydrogen-bond donors (Lipinski definition) is 1. The molecule has 4 rings (SSSR count). The molecule has 0 aliphatic carbocycles. The van der Waals surface area contributed by atoms with Crippen LogP contribution in [0.1, 0.15) is 33.8 Å². The number of morpholine rings is 1. The maximum absolute atomic E-state index is 12.9. The van der Waals surface area contributed by atoms with Crippen LogP contribution in [0.3, 0.4) is 0 Å². The maximum atomic E-state index is 12.9. The molecule has 2 aromatic rings. The number of carbonyl (C=O) groups is 2. The molecule has 0 amide bonds. The minimum Gasteiger partial charge on any atom is -0.508 e. The standard InChI is InChI=1S/C23H23NO6/c1-28-20(26)13-17(15-5-3-2-4-6-15)21-18(25)8-7-16-22(27)19(30-23(16)21)14-24-9-11-29-12-10-24/h2-8,14,17,25H,9-13H2,1H3. The summed E-state index contributed by atoms with van der Waals surface area (Å²) >= 11 is 0. The zero-order valence-corrected chi connectivity index (χ0v) is 16.7. The van der Waals surface area contributed by atoms with Crippen molar-refractivity contribution in [1.29, 1.82) is 0 Å². The van der Waals surface area contributed by atoms with Gasteiger partial charge in [-0.3, -0.25) is 9.59 Å². The molecule has 1 atom stereocenters. The van der Waals surface area contributed by atoms with E-state index in [-0.39, 0.29) is 29.5 Å². The van der Waals surface area contributed by atoms with E-state index in [1.54, 1.807) is 12.3 Å². The van der Waals surface area contributed by atoms with Gasteiger partial charge in [-0.05, 0) is 17.7 Å². The number of phenolic OH excluding ortho intramolecular Hbond substituents is 1.